The van der Waals surface area contributed by atoms with E-state index in [2.05, 4.69) is 5.32 Å². The zero-order valence-electron chi connectivity index (χ0n) is 11.8. The predicted molar refractivity (Wildman–Crippen MR) is 73.8 cm³/mol. The first-order chi connectivity index (χ1) is 9.94. The summed E-state index contributed by atoms with van der Waals surface area (Å²) in [4.78, 5) is 24.8. The van der Waals surface area contributed by atoms with E-state index >= 15 is 0 Å². The van der Waals surface area contributed by atoms with E-state index in [1.54, 1.807) is 13.0 Å². The quantitative estimate of drug-likeness (QED) is 0.922. The second-order valence-electron chi connectivity index (χ2n) is 5.11. The topological polar surface area (TPSA) is 49.4 Å². The van der Waals surface area contributed by atoms with Crippen LogP contribution in [-0.2, 0) is 15.5 Å². The summed E-state index contributed by atoms with van der Waals surface area (Å²) >= 11 is 0. The molecule has 0 saturated carbocycles. The Bertz CT molecular complexity index is 520. The Labute approximate surface area is 122 Å². The molecule has 0 radical (unpaired) electrons. The van der Waals surface area contributed by atoms with Gasteiger partial charge in [0.2, 0.25) is 11.8 Å². The number of halogens is 2. The zero-order chi connectivity index (χ0) is 15.5. The largest absolute Gasteiger partial charge is 0.344 e. The van der Waals surface area contributed by atoms with Crippen LogP contribution < -0.4 is 5.32 Å². The minimum Gasteiger partial charge on any atom is -0.344 e. The molecule has 114 valence electrons. The van der Waals surface area contributed by atoms with Gasteiger partial charge >= 0.3 is 0 Å². The third kappa shape index (κ3) is 3.56. The molecule has 1 aliphatic rings. The van der Waals surface area contributed by atoms with E-state index in [0.717, 1.165) is 4.90 Å². The minimum absolute atomic E-state index is 0.0175. The Balaban J connectivity index is 2.17. The van der Waals surface area contributed by atoms with Crippen molar-refractivity contribution in [1.82, 2.24) is 10.2 Å². The molecule has 0 spiro atoms. The number of hydrogen-bond acceptors (Lipinski definition) is 2. The van der Waals surface area contributed by atoms with E-state index in [4.69, 9.17) is 0 Å². The van der Waals surface area contributed by atoms with Crippen LogP contribution in [0.25, 0.3) is 0 Å². The minimum atomic E-state index is -3.14. The molecule has 1 aromatic rings. The van der Waals surface area contributed by atoms with Gasteiger partial charge in [-0.25, -0.2) is 0 Å². The van der Waals surface area contributed by atoms with Gasteiger partial charge in [0.1, 0.15) is 6.04 Å². The number of carbonyl (C=O) groups excluding carboxylic acids is 2. The van der Waals surface area contributed by atoms with Gasteiger partial charge in [-0.2, -0.15) is 8.78 Å². The number of benzene rings is 1. The van der Waals surface area contributed by atoms with Crippen molar-refractivity contribution in [2.75, 3.05) is 13.1 Å². The van der Waals surface area contributed by atoms with Gasteiger partial charge in [0.05, 0.1) is 6.54 Å². The molecule has 2 amide bonds. The van der Waals surface area contributed by atoms with Crippen LogP contribution in [0.1, 0.15) is 25.3 Å². The maximum absolute atomic E-state index is 14.3. The maximum atomic E-state index is 14.3. The molecule has 0 bridgehead atoms. The first-order valence-corrected chi connectivity index (χ1v) is 6.95. The van der Waals surface area contributed by atoms with E-state index < -0.39 is 24.4 Å². The van der Waals surface area contributed by atoms with Crippen LogP contribution in [0.2, 0.25) is 0 Å². The lowest BCUT2D eigenvalue weighted by Gasteiger charge is -2.28. The van der Waals surface area contributed by atoms with Crippen molar-refractivity contribution >= 4 is 11.8 Å². The Morgan fingerprint density at radius 2 is 1.95 bits per heavy atom. The van der Waals surface area contributed by atoms with Crippen molar-refractivity contribution in [2.45, 2.75) is 31.7 Å². The average Bonchev–Trinajstić information content (AvgIpc) is 2.61. The molecular weight excluding hydrogens is 278 g/mol. The lowest BCUT2D eigenvalue weighted by atomic mass is 10.1. The third-order valence-corrected chi connectivity index (χ3v) is 3.55. The van der Waals surface area contributed by atoms with E-state index in [0.29, 0.717) is 6.42 Å². The van der Waals surface area contributed by atoms with E-state index in [-0.39, 0.29) is 24.4 Å². The molecule has 1 aliphatic heterocycles. The average molecular weight is 296 g/mol. The summed E-state index contributed by atoms with van der Waals surface area (Å²) in [6, 6.07) is 6.69. The zero-order valence-corrected chi connectivity index (χ0v) is 11.8. The maximum Gasteiger partial charge on any atom is 0.290 e. The highest BCUT2D eigenvalue weighted by Crippen LogP contribution is 2.29. The molecule has 4 nitrogen and oxygen atoms in total. The Morgan fingerprint density at radius 3 is 2.57 bits per heavy atom. The van der Waals surface area contributed by atoms with Gasteiger partial charge < -0.3 is 10.2 Å². The molecule has 1 unspecified atom stereocenters. The van der Waals surface area contributed by atoms with Crippen molar-refractivity contribution in [3.63, 3.8) is 0 Å². The lowest BCUT2D eigenvalue weighted by Crippen LogP contribution is -2.47. The lowest BCUT2D eigenvalue weighted by molar-refractivity contribution is -0.139. The highest BCUT2D eigenvalue weighted by Gasteiger charge is 2.38. The fourth-order valence-electron chi connectivity index (χ4n) is 2.34. The normalized spacial score (nSPS) is 20.1. The van der Waals surface area contributed by atoms with E-state index in [1.165, 1.54) is 24.3 Å². The van der Waals surface area contributed by atoms with Crippen LogP contribution in [0.3, 0.4) is 0 Å². The summed E-state index contributed by atoms with van der Waals surface area (Å²) in [6.45, 7) is 1.05. The van der Waals surface area contributed by atoms with Gasteiger partial charge in [-0.1, -0.05) is 37.3 Å². The highest BCUT2D eigenvalue weighted by molar-refractivity contribution is 5.89. The van der Waals surface area contributed by atoms with Crippen LogP contribution in [0.15, 0.2) is 30.3 Å². The molecule has 0 aromatic heterocycles. The number of rotatable bonds is 4. The van der Waals surface area contributed by atoms with Gasteiger partial charge in [-0.05, 0) is 6.42 Å². The second-order valence-corrected chi connectivity index (χ2v) is 5.11. The van der Waals surface area contributed by atoms with Crippen LogP contribution >= 0.6 is 0 Å². The summed E-state index contributed by atoms with van der Waals surface area (Å²) < 4.78 is 28.6. The molecule has 1 atom stereocenters. The van der Waals surface area contributed by atoms with Crippen molar-refractivity contribution in [3.05, 3.63) is 35.9 Å². The summed E-state index contributed by atoms with van der Waals surface area (Å²) in [5.74, 6) is -3.86. The second kappa shape index (κ2) is 6.20. The molecule has 2 rings (SSSR count). The van der Waals surface area contributed by atoms with Gasteiger partial charge in [0.25, 0.3) is 5.92 Å². The smallest absolute Gasteiger partial charge is 0.290 e. The van der Waals surface area contributed by atoms with E-state index in [1.807, 2.05) is 0 Å². The van der Waals surface area contributed by atoms with Gasteiger partial charge in [0, 0.05) is 18.5 Å². The molecule has 6 heteroatoms. The first kappa shape index (κ1) is 15.4. The summed E-state index contributed by atoms with van der Waals surface area (Å²) in [5.41, 5.74) is -0.130. The molecule has 1 aromatic carbocycles. The fraction of sp³-hybridized carbons (Fsp3) is 0.467. The number of amides is 2. The summed E-state index contributed by atoms with van der Waals surface area (Å²) in [7, 11) is 0. The SMILES string of the molecule is CCC1NC(=O)CCN(CC(F)(F)c2ccccc2)C1=O. The van der Waals surface area contributed by atoms with Crippen molar-refractivity contribution in [3.8, 4) is 0 Å². The monoisotopic (exact) mass is 296 g/mol. The number of nitrogens with one attached hydrogen (secondary N) is 1. The number of carbonyl (C=O) groups is 2. The Hall–Kier alpha value is -1.98. The Kier molecular flexibility index (Phi) is 4.55. The van der Waals surface area contributed by atoms with Gasteiger partial charge in [-0.15, -0.1) is 0 Å². The first-order valence-electron chi connectivity index (χ1n) is 6.95. The summed E-state index contributed by atoms with van der Waals surface area (Å²) in [6.07, 6.45) is 0.436. The number of hydrogen-bond donors (Lipinski definition) is 1. The molecule has 1 fully saturated rings. The number of nitrogens with zero attached hydrogens (tertiary/aromatic N) is 1. The number of alkyl halides is 2. The van der Waals surface area contributed by atoms with Crippen LogP contribution in [-0.4, -0.2) is 35.8 Å². The highest BCUT2D eigenvalue weighted by atomic mass is 19.3. The molecular formula is C15H18F2N2O2. The molecule has 1 N–H and O–H groups in total. The van der Waals surface area contributed by atoms with Crippen LogP contribution in [0.5, 0.6) is 0 Å². The summed E-state index contributed by atoms with van der Waals surface area (Å²) in [5, 5.41) is 2.56. The van der Waals surface area contributed by atoms with Crippen molar-refractivity contribution in [1.29, 1.82) is 0 Å². The molecule has 1 heterocycles. The van der Waals surface area contributed by atoms with Crippen molar-refractivity contribution < 1.29 is 18.4 Å². The van der Waals surface area contributed by atoms with Crippen LogP contribution in [0.4, 0.5) is 8.78 Å². The molecule has 0 aliphatic carbocycles. The van der Waals surface area contributed by atoms with Crippen LogP contribution in [0, 0.1) is 0 Å². The van der Waals surface area contributed by atoms with Gasteiger partial charge in [-0.3, -0.25) is 9.59 Å². The fourth-order valence-corrected chi connectivity index (χ4v) is 2.34. The molecule has 1 saturated heterocycles. The van der Waals surface area contributed by atoms with Gasteiger partial charge in [0.15, 0.2) is 0 Å². The predicted octanol–water partition coefficient (Wildman–Crippen LogP) is 1.91. The third-order valence-electron chi connectivity index (χ3n) is 3.55. The Morgan fingerprint density at radius 1 is 1.29 bits per heavy atom. The van der Waals surface area contributed by atoms with Crippen molar-refractivity contribution in [2.24, 2.45) is 0 Å². The molecule has 21 heavy (non-hydrogen) atoms. The standard InChI is InChI=1S/C15H18F2N2O2/c1-2-12-14(21)19(9-8-13(20)18-12)10-15(16,17)11-6-4-3-5-7-11/h3-7,12H,2,8-10H2,1H3,(H,18,20). The van der Waals surface area contributed by atoms with E-state index in [9.17, 15) is 18.4 Å².